The Labute approximate surface area is 154 Å². The summed E-state index contributed by atoms with van der Waals surface area (Å²) in [5, 5.41) is 0. The molecule has 3 saturated heterocycles. The largest absolute Gasteiger partial charge is 0.493 e. The zero-order valence-corrected chi connectivity index (χ0v) is 15.4. The zero-order chi connectivity index (χ0) is 18.3. The molecule has 140 valence electrons. The third-order valence-electron chi connectivity index (χ3n) is 6.10. The maximum atomic E-state index is 13.1. The van der Waals surface area contributed by atoms with Gasteiger partial charge in [0, 0.05) is 37.7 Å². The second kappa shape index (κ2) is 6.82. The maximum absolute atomic E-state index is 13.1. The molecular formula is C20H26N2O4. The Kier molecular flexibility index (Phi) is 4.51. The molecule has 0 N–H and O–H groups in total. The maximum Gasteiger partial charge on any atom is 0.254 e. The summed E-state index contributed by atoms with van der Waals surface area (Å²) < 4.78 is 10.6. The lowest BCUT2D eigenvalue weighted by Gasteiger charge is -2.52. The van der Waals surface area contributed by atoms with Gasteiger partial charge < -0.3 is 19.3 Å². The molecule has 6 heteroatoms. The highest BCUT2D eigenvalue weighted by molar-refractivity contribution is 5.95. The van der Waals surface area contributed by atoms with Crippen molar-refractivity contribution in [2.75, 3.05) is 33.9 Å². The Morgan fingerprint density at radius 1 is 1.12 bits per heavy atom. The molecule has 6 nitrogen and oxygen atoms in total. The standard InChI is InChI=1S/C20H26N2O4/c1-25-17-7-6-14(9-18(17)26-2)20(24)21-10-13-8-15(12-21)16-4-3-5-19(23)22(16)11-13/h6-7,9,13,15-16H,3-5,8,10-12H2,1-2H3/t13-,15-,16+/m1/s1. The molecular weight excluding hydrogens is 332 g/mol. The lowest BCUT2D eigenvalue weighted by molar-refractivity contribution is -0.144. The molecule has 26 heavy (non-hydrogen) atoms. The number of rotatable bonds is 3. The van der Waals surface area contributed by atoms with Gasteiger partial charge in [-0.15, -0.1) is 0 Å². The Hall–Kier alpha value is -2.24. The monoisotopic (exact) mass is 358 g/mol. The predicted molar refractivity (Wildman–Crippen MR) is 96.4 cm³/mol. The third-order valence-corrected chi connectivity index (χ3v) is 6.10. The van der Waals surface area contributed by atoms with E-state index in [4.69, 9.17) is 9.47 Å². The van der Waals surface area contributed by atoms with Crippen molar-refractivity contribution in [2.24, 2.45) is 11.8 Å². The molecule has 0 spiro atoms. The summed E-state index contributed by atoms with van der Waals surface area (Å²) in [5.41, 5.74) is 0.624. The van der Waals surface area contributed by atoms with E-state index in [-0.39, 0.29) is 5.91 Å². The molecule has 1 aromatic carbocycles. The fourth-order valence-electron chi connectivity index (χ4n) is 4.93. The number of piperidine rings is 3. The van der Waals surface area contributed by atoms with Gasteiger partial charge in [0.15, 0.2) is 11.5 Å². The topological polar surface area (TPSA) is 59.1 Å². The molecule has 3 heterocycles. The van der Waals surface area contributed by atoms with Crippen LogP contribution in [0, 0.1) is 11.8 Å². The fraction of sp³-hybridized carbons (Fsp3) is 0.600. The Morgan fingerprint density at radius 2 is 1.92 bits per heavy atom. The minimum absolute atomic E-state index is 0.0382. The van der Waals surface area contributed by atoms with Crippen LogP contribution < -0.4 is 9.47 Å². The number of methoxy groups -OCH3 is 2. The molecule has 2 bridgehead atoms. The molecule has 0 aromatic heterocycles. The van der Waals surface area contributed by atoms with Crippen molar-refractivity contribution >= 4 is 11.8 Å². The number of fused-ring (bicyclic) bond motifs is 4. The van der Waals surface area contributed by atoms with Crippen LogP contribution in [0.2, 0.25) is 0 Å². The highest BCUT2D eigenvalue weighted by Crippen LogP contribution is 2.38. The average molecular weight is 358 g/mol. The summed E-state index contributed by atoms with van der Waals surface area (Å²) in [6.07, 6.45) is 3.86. The number of ether oxygens (including phenoxy) is 2. The minimum Gasteiger partial charge on any atom is -0.493 e. The number of nitrogens with zero attached hydrogens (tertiary/aromatic N) is 2. The molecule has 4 rings (SSSR count). The normalized spacial score (nSPS) is 27.8. The molecule has 0 radical (unpaired) electrons. The third kappa shape index (κ3) is 2.91. The summed E-state index contributed by atoms with van der Waals surface area (Å²) in [4.78, 5) is 29.4. The molecule has 2 amide bonds. The van der Waals surface area contributed by atoms with Gasteiger partial charge in [0.05, 0.1) is 14.2 Å². The molecule has 1 aromatic rings. The van der Waals surface area contributed by atoms with Gasteiger partial charge in [-0.1, -0.05) is 0 Å². The molecule has 0 saturated carbocycles. The molecule has 0 unspecified atom stereocenters. The summed E-state index contributed by atoms with van der Waals surface area (Å²) in [7, 11) is 3.16. The van der Waals surface area contributed by atoms with Crippen molar-refractivity contribution in [2.45, 2.75) is 31.7 Å². The fourth-order valence-corrected chi connectivity index (χ4v) is 4.93. The van der Waals surface area contributed by atoms with Crippen LogP contribution in [0.5, 0.6) is 11.5 Å². The average Bonchev–Trinajstić information content (AvgIpc) is 2.67. The van der Waals surface area contributed by atoms with Crippen molar-refractivity contribution in [3.63, 3.8) is 0 Å². The predicted octanol–water partition coefficient (Wildman–Crippen LogP) is 2.18. The van der Waals surface area contributed by atoms with E-state index in [0.29, 0.717) is 47.3 Å². The van der Waals surface area contributed by atoms with E-state index in [9.17, 15) is 9.59 Å². The first kappa shape index (κ1) is 17.2. The van der Waals surface area contributed by atoms with E-state index >= 15 is 0 Å². The van der Waals surface area contributed by atoms with Crippen LogP contribution >= 0.6 is 0 Å². The highest BCUT2D eigenvalue weighted by Gasteiger charge is 2.44. The number of carbonyl (C=O) groups excluding carboxylic acids is 2. The van der Waals surface area contributed by atoms with Crippen molar-refractivity contribution in [1.82, 2.24) is 9.80 Å². The zero-order valence-electron chi connectivity index (χ0n) is 15.4. The Morgan fingerprint density at radius 3 is 2.69 bits per heavy atom. The second-order valence-corrected chi connectivity index (χ2v) is 7.65. The van der Waals surface area contributed by atoms with E-state index in [1.807, 2.05) is 4.90 Å². The lowest BCUT2D eigenvalue weighted by atomic mass is 9.76. The molecule has 3 fully saturated rings. The van der Waals surface area contributed by atoms with E-state index in [0.717, 1.165) is 38.9 Å². The molecule has 3 aliphatic heterocycles. The van der Waals surface area contributed by atoms with Gasteiger partial charge in [0.1, 0.15) is 0 Å². The Balaban J connectivity index is 1.53. The summed E-state index contributed by atoms with van der Waals surface area (Å²) >= 11 is 0. The second-order valence-electron chi connectivity index (χ2n) is 7.65. The first-order chi connectivity index (χ1) is 12.6. The number of carbonyl (C=O) groups is 2. The SMILES string of the molecule is COc1ccc(C(=O)N2C[C@H]3C[C@H](C2)[C@@H]2CCCC(=O)N2C3)cc1OC. The van der Waals surface area contributed by atoms with E-state index in [1.165, 1.54) is 0 Å². The van der Waals surface area contributed by atoms with Gasteiger partial charge in [0.2, 0.25) is 5.91 Å². The van der Waals surface area contributed by atoms with Gasteiger partial charge in [-0.3, -0.25) is 9.59 Å². The number of benzene rings is 1. The van der Waals surface area contributed by atoms with Crippen LogP contribution in [-0.4, -0.2) is 61.5 Å². The van der Waals surface area contributed by atoms with Crippen LogP contribution in [0.1, 0.15) is 36.0 Å². The first-order valence-electron chi connectivity index (χ1n) is 9.41. The summed E-state index contributed by atoms with van der Waals surface area (Å²) in [6.45, 7) is 2.26. The van der Waals surface area contributed by atoms with Gasteiger partial charge in [0.25, 0.3) is 5.91 Å². The quantitative estimate of drug-likeness (QED) is 0.831. The van der Waals surface area contributed by atoms with E-state index < -0.39 is 0 Å². The summed E-state index contributed by atoms with van der Waals surface area (Å²) in [5.74, 6) is 2.31. The van der Waals surface area contributed by atoms with Crippen LogP contribution in [0.3, 0.4) is 0 Å². The Bertz CT molecular complexity index is 720. The van der Waals surface area contributed by atoms with Gasteiger partial charge >= 0.3 is 0 Å². The lowest BCUT2D eigenvalue weighted by Crippen LogP contribution is -2.61. The van der Waals surface area contributed by atoms with Gasteiger partial charge in [-0.05, 0) is 49.3 Å². The van der Waals surface area contributed by atoms with E-state index in [2.05, 4.69) is 4.90 Å². The van der Waals surface area contributed by atoms with Crippen molar-refractivity contribution in [3.05, 3.63) is 23.8 Å². The van der Waals surface area contributed by atoms with Crippen molar-refractivity contribution in [1.29, 1.82) is 0 Å². The van der Waals surface area contributed by atoms with Crippen molar-refractivity contribution < 1.29 is 19.1 Å². The van der Waals surface area contributed by atoms with Crippen LogP contribution in [0.15, 0.2) is 18.2 Å². The molecule has 3 atom stereocenters. The van der Waals surface area contributed by atoms with Crippen LogP contribution in [0.4, 0.5) is 0 Å². The highest BCUT2D eigenvalue weighted by atomic mass is 16.5. The van der Waals surface area contributed by atoms with Crippen LogP contribution in [-0.2, 0) is 4.79 Å². The molecule has 3 aliphatic rings. The number of hydrogen-bond donors (Lipinski definition) is 0. The van der Waals surface area contributed by atoms with E-state index in [1.54, 1.807) is 32.4 Å². The van der Waals surface area contributed by atoms with Crippen molar-refractivity contribution in [3.8, 4) is 11.5 Å². The number of amides is 2. The minimum atomic E-state index is 0.0382. The van der Waals surface area contributed by atoms with Gasteiger partial charge in [-0.2, -0.15) is 0 Å². The summed E-state index contributed by atoms with van der Waals surface area (Å²) in [6, 6.07) is 5.64. The smallest absolute Gasteiger partial charge is 0.254 e. The number of likely N-dealkylation sites (tertiary alicyclic amines) is 1. The van der Waals surface area contributed by atoms with Gasteiger partial charge in [-0.25, -0.2) is 0 Å². The van der Waals surface area contributed by atoms with Crippen LogP contribution in [0.25, 0.3) is 0 Å². The number of hydrogen-bond acceptors (Lipinski definition) is 4. The molecule has 0 aliphatic carbocycles. The first-order valence-corrected chi connectivity index (χ1v) is 9.41.